The van der Waals surface area contributed by atoms with E-state index >= 15 is 0 Å². The van der Waals surface area contributed by atoms with Crippen LogP contribution in [0.5, 0.6) is 5.75 Å². The number of sulfonamides is 1. The minimum atomic E-state index is -3.91. The van der Waals surface area contributed by atoms with Gasteiger partial charge in [0.2, 0.25) is 0 Å². The standard InChI is InChI=1S/C26H29N3O4S/c1-28(19-21-10-3-5-14-24(21)29-16-7-8-17-29)26(30)20-11-9-12-22(18-20)34(31,32)27-23-13-4-6-15-25(23)33-2/h3-6,9-15,18,27H,7-8,16-17,19H2,1-2H3. The molecule has 1 aliphatic rings. The number of methoxy groups -OCH3 is 1. The Morgan fingerprint density at radius 3 is 2.47 bits per heavy atom. The van der Waals surface area contributed by atoms with Crippen LogP contribution < -0.4 is 14.4 Å². The molecule has 0 atom stereocenters. The zero-order chi connectivity index (χ0) is 24.1. The number of nitrogens with one attached hydrogen (secondary N) is 1. The molecule has 0 aliphatic carbocycles. The second kappa shape index (κ2) is 10.2. The Balaban J connectivity index is 1.53. The highest BCUT2D eigenvalue weighted by atomic mass is 32.2. The smallest absolute Gasteiger partial charge is 0.262 e. The van der Waals surface area contributed by atoms with Crippen LogP contribution in [0.15, 0.2) is 77.7 Å². The van der Waals surface area contributed by atoms with Gasteiger partial charge in [-0.1, -0.05) is 36.4 Å². The maximum atomic E-state index is 13.2. The molecule has 0 radical (unpaired) electrons. The SMILES string of the molecule is COc1ccccc1NS(=O)(=O)c1cccc(C(=O)N(C)Cc2ccccc2N2CCCC2)c1. The number of amides is 1. The average molecular weight is 480 g/mol. The number of rotatable bonds is 8. The number of benzene rings is 3. The van der Waals surface area contributed by atoms with Gasteiger partial charge in [-0.25, -0.2) is 8.42 Å². The van der Waals surface area contributed by atoms with Crippen molar-refractivity contribution in [2.45, 2.75) is 24.3 Å². The third kappa shape index (κ3) is 5.17. The lowest BCUT2D eigenvalue weighted by Gasteiger charge is -2.24. The lowest BCUT2D eigenvalue weighted by molar-refractivity contribution is 0.0785. The van der Waals surface area contributed by atoms with Crippen molar-refractivity contribution in [1.82, 2.24) is 4.90 Å². The van der Waals surface area contributed by atoms with E-state index in [9.17, 15) is 13.2 Å². The van der Waals surface area contributed by atoms with Crippen molar-refractivity contribution in [2.24, 2.45) is 0 Å². The van der Waals surface area contributed by atoms with Gasteiger partial charge in [0.05, 0.1) is 17.7 Å². The summed E-state index contributed by atoms with van der Waals surface area (Å²) < 4.78 is 33.8. The van der Waals surface area contributed by atoms with Gasteiger partial charge in [0.25, 0.3) is 15.9 Å². The highest BCUT2D eigenvalue weighted by Gasteiger charge is 2.21. The van der Waals surface area contributed by atoms with E-state index in [0.29, 0.717) is 23.5 Å². The maximum Gasteiger partial charge on any atom is 0.262 e. The Morgan fingerprint density at radius 1 is 1.00 bits per heavy atom. The maximum absolute atomic E-state index is 13.2. The first-order valence-corrected chi connectivity index (χ1v) is 12.7. The largest absolute Gasteiger partial charge is 0.495 e. The van der Waals surface area contributed by atoms with Crippen LogP contribution in [0.4, 0.5) is 11.4 Å². The van der Waals surface area contributed by atoms with Gasteiger partial charge >= 0.3 is 0 Å². The molecule has 3 aromatic carbocycles. The molecule has 1 fully saturated rings. The van der Waals surface area contributed by atoms with Crippen LogP contribution in [0, 0.1) is 0 Å². The Hall–Kier alpha value is -3.52. The van der Waals surface area contributed by atoms with Crippen molar-refractivity contribution in [3.63, 3.8) is 0 Å². The second-order valence-corrected chi connectivity index (χ2v) is 10.0. The van der Waals surface area contributed by atoms with E-state index in [1.807, 2.05) is 18.2 Å². The van der Waals surface area contributed by atoms with E-state index < -0.39 is 10.0 Å². The van der Waals surface area contributed by atoms with Gasteiger partial charge in [-0.2, -0.15) is 0 Å². The van der Waals surface area contributed by atoms with Gasteiger partial charge in [-0.05, 0) is 54.8 Å². The van der Waals surface area contributed by atoms with Crippen molar-refractivity contribution in [1.29, 1.82) is 0 Å². The highest BCUT2D eigenvalue weighted by molar-refractivity contribution is 7.92. The molecular weight excluding hydrogens is 450 g/mol. The number of carbonyl (C=O) groups is 1. The van der Waals surface area contributed by atoms with Crippen molar-refractivity contribution in [3.05, 3.63) is 83.9 Å². The van der Waals surface area contributed by atoms with E-state index in [1.54, 1.807) is 48.3 Å². The second-order valence-electron chi connectivity index (χ2n) is 8.32. The van der Waals surface area contributed by atoms with Crippen molar-refractivity contribution in [3.8, 4) is 5.75 Å². The first-order valence-electron chi connectivity index (χ1n) is 11.2. The molecule has 0 saturated carbocycles. The summed E-state index contributed by atoms with van der Waals surface area (Å²) in [6.45, 7) is 2.48. The fraction of sp³-hybridized carbons (Fsp3) is 0.269. The molecule has 1 aliphatic heterocycles. The summed E-state index contributed by atoms with van der Waals surface area (Å²) >= 11 is 0. The van der Waals surface area contributed by atoms with Gasteiger partial charge in [0, 0.05) is 37.9 Å². The van der Waals surface area contributed by atoms with E-state index in [2.05, 4.69) is 15.7 Å². The van der Waals surface area contributed by atoms with Gasteiger partial charge in [0.1, 0.15) is 5.75 Å². The van der Waals surface area contributed by atoms with E-state index in [0.717, 1.165) is 24.3 Å². The molecule has 1 N–H and O–H groups in total. The van der Waals surface area contributed by atoms with Crippen LogP contribution in [0.1, 0.15) is 28.8 Å². The zero-order valence-electron chi connectivity index (χ0n) is 19.4. The Morgan fingerprint density at radius 2 is 1.71 bits per heavy atom. The van der Waals surface area contributed by atoms with Crippen LogP contribution in [0.25, 0.3) is 0 Å². The average Bonchev–Trinajstić information content (AvgIpc) is 3.39. The Kier molecular flexibility index (Phi) is 7.07. The summed E-state index contributed by atoms with van der Waals surface area (Å²) in [7, 11) is -0.702. The van der Waals surface area contributed by atoms with E-state index in [1.165, 1.54) is 32.1 Å². The highest BCUT2D eigenvalue weighted by Crippen LogP contribution is 2.28. The molecule has 0 aromatic heterocycles. The van der Waals surface area contributed by atoms with Gasteiger partial charge < -0.3 is 14.5 Å². The molecule has 4 rings (SSSR count). The number of ether oxygens (including phenoxy) is 1. The zero-order valence-corrected chi connectivity index (χ0v) is 20.2. The van der Waals surface area contributed by atoms with Gasteiger partial charge in [-0.15, -0.1) is 0 Å². The topological polar surface area (TPSA) is 78.9 Å². The number of para-hydroxylation sites is 3. The van der Waals surface area contributed by atoms with Crippen LogP contribution in [-0.2, 0) is 16.6 Å². The number of hydrogen-bond acceptors (Lipinski definition) is 5. The summed E-state index contributed by atoms with van der Waals surface area (Å²) in [5.41, 5.74) is 2.86. The molecular formula is C26H29N3O4S. The Bertz CT molecular complexity index is 1270. The van der Waals surface area contributed by atoms with E-state index in [4.69, 9.17) is 4.74 Å². The van der Waals surface area contributed by atoms with Crippen LogP contribution in [0.3, 0.4) is 0 Å². The number of hydrogen-bond donors (Lipinski definition) is 1. The molecule has 8 heteroatoms. The molecule has 3 aromatic rings. The molecule has 34 heavy (non-hydrogen) atoms. The number of carbonyl (C=O) groups excluding carboxylic acids is 1. The van der Waals surface area contributed by atoms with E-state index in [-0.39, 0.29) is 10.8 Å². The lowest BCUT2D eigenvalue weighted by Crippen LogP contribution is -2.28. The minimum Gasteiger partial charge on any atom is -0.495 e. The van der Waals surface area contributed by atoms with Crippen molar-refractivity contribution in [2.75, 3.05) is 36.9 Å². The molecule has 1 amide bonds. The van der Waals surface area contributed by atoms with Crippen molar-refractivity contribution >= 4 is 27.3 Å². The summed E-state index contributed by atoms with van der Waals surface area (Å²) in [5, 5.41) is 0. The summed E-state index contributed by atoms with van der Waals surface area (Å²) in [6, 6.07) is 21.0. The summed E-state index contributed by atoms with van der Waals surface area (Å²) in [4.78, 5) is 17.2. The molecule has 0 spiro atoms. The fourth-order valence-corrected chi connectivity index (χ4v) is 5.30. The molecule has 7 nitrogen and oxygen atoms in total. The number of nitrogens with zero attached hydrogens (tertiary/aromatic N) is 2. The van der Waals surface area contributed by atoms with Crippen LogP contribution in [-0.4, -0.2) is 46.5 Å². The molecule has 0 unspecified atom stereocenters. The third-order valence-corrected chi connectivity index (χ3v) is 7.30. The number of anilines is 2. The van der Waals surface area contributed by atoms with Gasteiger partial charge in [-0.3, -0.25) is 9.52 Å². The fourth-order valence-electron chi connectivity index (χ4n) is 4.19. The normalized spacial score (nSPS) is 13.5. The van der Waals surface area contributed by atoms with Crippen LogP contribution in [0.2, 0.25) is 0 Å². The molecule has 1 heterocycles. The Labute approximate surface area is 201 Å². The molecule has 1 saturated heterocycles. The van der Waals surface area contributed by atoms with Gasteiger partial charge in [0.15, 0.2) is 0 Å². The first-order chi connectivity index (χ1) is 16.4. The monoisotopic (exact) mass is 479 g/mol. The summed E-state index contributed by atoms with van der Waals surface area (Å²) in [5.74, 6) is 0.167. The predicted octanol–water partition coefficient (Wildman–Crippen LogP) is 4.37. The quantitative estimate of drug-likeness (QED) is 0.519. The third-order valence-electron chi connectivity index (χ3n) is 5.94. The lowest BCUT2D eigenvalue weighted by atomic mass is 10.1. The predicted molar refractivity (Wildman–Crippen MR) is 134 cm³/mol. The van der Waals surface area contributed by atoms with Crippen molar-refractivity contribution < 1.29 is 17.9 Å². The minimum absolute atomic E-state index is 0.00937. The molecule has 0 bridgehead atoms. The summed E-state index contributed by atoms with van der Waals surface area (Å²) in [6.07, 6.45) is 2.35. The first kappa shape index (κ1) is 23.6. The van der Waals surface area contributed by atoms with Crippen LogP contribution >= 0.6 is 0 Å². The molecule has 178 valence electrons.